The molecule has 9 nitrogen and oxygen atoms in total. The molecule has 2 unspecified atom stereocenters. The lowest BCUT2D eigenvalue weighted by molar-refractivity contribution is 0.231. The number of aliphatic hydroxyl groups is 1. The molecule has 5 rings (SSSR count). The Kier molecular flexibility index (Phi) is 8.00. The fourth-order valence-electron chi connectivity index (χ4n) is 5.03. The summed E-state index contributed by atoms with van der Waals surface area (Å²) < 4.78 is 11.7. The molecular formula is C29H34N5O4P. The van der Waals surface area contributed by atoms with Crippen molar-refractivity contribution in [3.63, 3.8) is 0 Å². The molecule has 1 saturated carbocycles. The van der Waals surface area contributed by atoms with E-state index >= 15 is 0 Å². The number of aromatic amines is 1. The number of methoxy groups -OCH3 is 1. The van der Waals surface area contributed by atoms with Crippen LogP contribution in [0.3, 0.4) is 0 Å². The Labute approximate surface area is 228 Å². The third kappa shape index (κ3) is 6.00. The van der Waals surface area contributed by atoms with Crippen LogP contribution in [0, 0.1) is 19.8 Å². The van der Waals surface area contributed by atoms with Crippen LogP contribution in [0.15, 0.2) is 51.3 Å². The van der Waals surface area contributed by atoms with Crippen LogP contribution in [0.2, 0.25) is 0 Å². The predicted molar refractivity (Wildman–Crippen MR) is 158 cm³/mol. The minimum absolute atomic E-state index is 0.174. The van der Waals surface area contributed by atoms with Gasteiger partial charge < -0.3 is 29.9 Å². The van der Waals surface area contributed by atoms with Gasteiger partial charge in [0, 0.05) is 30.8 Å². The second kappa shape index (κ2) is 11.6. The third-order valence-electron chi connectivity index (χ3n) is 7.07. The Balaban J connectivity index is 1.50. The Morgan fingerprint density at radius 1 is 1.23 bits per heavy atom. The number of allylic oxidation sites excluding steroid dienone is 1. The van der Waals surface area contributed by atoms with Crippen molar-refractivity contribution in [2.24, 2.45) is 5.92 Å². The highest BCUT2D eigenvalue weighted by Crippen LogP contribution is 2.36. The van der Waals surface area contributed by atoms with Crippen LogP contribution in [0.1, 0.15) is 36.2 Å². The molecule has 0 bridgehead atoms. The van der Waals surface area contributed by atoms with E-state index in [-0.39, 0.29) is 12.2 Å². The van der Waals surface area contributed by atoms with Crippen molar-refractivity contribution in [3.05, 3.63) is 69.4 Å². The van der Waals surface area contributed by atoms with Crippen molar-refractivity contribution in [3.8, 4) is 17.1 Å². The number of rotatable bonds is 9. The van der Waals surface area contributed by atoms with Crippen LogP contribution in [0.25, 0.3) is 22.3 Å². The molecule has 0 saturated heterocycles. The van der Waals surface area contributed by atoms with Crippen LogP contribution < -0.4 is 26.2 Å². The number of aryl methyl sites for hydroxylation is 2. The number of nitrogens with one attached hydrogen (secondary N) is 3. The van der Waals surface area contributed by atoms with E-state index in [9.17, 15) is 9.90 Å². The van der Waals surface area contributed by atoms with Crippen molar-refractivity contribution >= 4 is 36.6 Å². The smallest absolute Gasteiger partial charge is 0.248 e. The fourth-order valence-corrected chi connectivity index (χ4v) is 5.64. The van der Waals surface area contributed by atoms with E-state index in [1.54, 1.807) is 7.11 Å². The zero-order valence-electron chi connectivity index (χ0n) is 22.6. The lowest BCUT2D eigenvalue weighted by atomic mass is 10.1. The molecule has 1 aromatic carbocycles. The molecular weight excluding hydrogens is 513 g/mol. The van der Waals surface area contributed by atoms with Gasteiger partial charge >= 0.3 is 0 Å². The maximum absolute atomic E-state index is 12.0. The van der Waals surface area contributed by atoms with Gasteiger partial charge in [0.15, 0.2) is 5.58 Å². The Morgan fingerprint density at radius 2 is 2.08 bits per heavy atom. The molecule has 1 aliphatic carbocycles. The Bertz CT molecular complexity index is 1570. The highest BCUT2D eigenvalue weighted by molar-refractivity contribution is 7.46. The van der Waals surface area contributed by atoms with E-state index in [0.29, 0.717) is 49.8 Å². The van der Waals surface area contributed by atoms with Crippen molar-refractivity contribution in [2.75, 3.05) is 31.0 Å². The highest BCUT2D eigenvalue weighted by atomic mass is 31.1. The number of ether oxygens (including phenoxy) is 1. The van der Waals surface area contributed by atoms with Crippen LogP contribution in [-0.2, 0) is 6.54 Å². The number of anilines is 2. The largest absolute Gasteiger partial charge is 0.497 e. The van der Waals surface area contributed by atoms with E-state index in [0.717, 1.165) is 47.2 Å². The summed E-state index contributed by atoms with van der Waals surface area (Å²) in [5.41, 5.74) is 4.91. The molecule has 0 radical (unpaired) electrons. The standard InChI is InChI=1S/C29H34N5O4P/c1-16-26(24-10-21-11-25(36)32-17(2)27(21)38-24)28(30-13-18-5-6-19(7-18)15-35)34-29(33-16)31-14-20-8-22(37-3)12-23(9-20)39-4/h8-13,19,35,39H,5-7,14-15H2,1-4H3,(H,32,36)(H2,30,31,33,34). The van der Waals surface area contributed by atoms with Crippen molar-refractivity contribution in [1.82, 2.24) is 15.0 Å². The lowest BCUT2D eigenvalue weighted by Crippen LogP contribution is -2.09. The zero-order chi connectivity index (χ0) is 27.5. The maximum Gasteiger partial charge on any atom is 0.248 e. The van der Waals surface area contributed by atoms with Crippen molar-refractivity contribution in [2.45, 2.75) is 39.7 Å². The molecule has 3 aromatic heterocycles. The van der Waals surface area contributed by atoms with E-state index < -0.39 is 0 Å². The van der Waals surface area contributed by atoms with Crippen LogP contribution in [0.4, 0.5) is 11.8 Å². The van der Waals surface area contributed by atoms with E-state index in [1.807, 2.05) is 32.2 Å². The first-order chi connectivity index (χ1) is 18.9. The van der Waals surface area contributed by atoms with Gasteiger partial charge in [0.25, 0.3) is 0 Å². The highest BCUT2D eigenvalue weighted by Gasteiger charge is 2.21. The zero-order valence-corrected chi connectivity index (χ0v) is 23.6. The van der Waals surface area contributed by atoms with Gasteiger partial charge in [-0.3, -0.25) is 4.79 Å². The van der Waals surface area contributed by atoms with Gasteiger partial charge in [0.05, 0.1) is 24.1 Å². The number of pyridine rings is 1. The summed E-state index contributed by atoms with van der Waals surface area (Å²) in [5, 5.41) is 18.3. The molecule has 0 spiro atoms. The monoisotopic (exact) mass is 547 g/mol. The first-order valence-corrected chi connectivity index (χ1v) is 14.5. The summed E-state index contributed by atoms with van der Waals surface area (Å²) in [4.78, 5) is 24.4. The van der Waals surface area contributed by atoms with E-state index in [1.165, 1.54) is 16.9 Å². The summed E-state index contributed by atoms with van der Waals surface area (Å²) in [6, 6.07) is 9.62. The number of hydrogen-bond acceptors (Lipinski definition) is 8. The number of aliphatic hydroxyl groups excluding tert-OH is 1. The number of hydrogen-bond donors (Lipinski definition) is 4. The molecule has 1 aliphatic rings. The van der Waals surface area contributed by atoms with Gasteiger partial charge in [0.2, 0.25) is 11.5 Å². The number of benzene rings is 1. The number of fused-ring (bicyclic) bond motifs is 1. The molecule has 10 heteroatoms. The number of aromatic nitrogens is 3. The van der Waals surface area contributed by atoms with Gasteiger partial charge in [-0.25, -0.2) is 4.98 Å². The topological polar surface area (TPSA) is 125 Å². The summed E-state index contributed by atoms with van der Waals surface area (Å²) in [6.45, 7) is 6.62. The van der Waals surface area contributed by atoms with Gasteiger partial charge in [-0.1, -0.05) is 14.2 Å². The number of furan rings is 1. The average molecular weight is 548 g/mol. The normalized spacial score (nSPS) is 16.5. The lowest BCUT2D eigenvalue weighted by Gasteiger charge is -2.14. The number of nitrogens with zero attached hydrogens (tertiary/aromatic N) is 2. The first kappa shape index (κ1) is 26.9. The second-order valence-corrected chi connectivity index (χ2v) is 11.0. The van der Waals surface area contributed by atoms with Gasteiger partial charge in [-0.2, -0.15) is 4.98 Å². The summed E-state index contributed by atoms with van der Waals surface area (Å²) in [7, 11) is 2.34. The molecule has 4 N–H and O–H groups in total. The molecule has 2 atom stereocenters. The Hall–Kier alpha value is -3.68. The average Bonchev–Trinajstić information content (AvgIpc) is 3.57. The molecule has 0 amide bonds. The minimum Gasteiger partial charge on any atom is -0.497 e. The van der Waals surface area contributed by atoms with Crippen molar-refractivity contribution in [1.29, 1.82) is 0 Å². The molecule has 0 aliphatic heterocycles. The second-order valence-electron chi connectivity index (χ2n) is 9.92. The van der Waals surface area contributed by atoms with Crippen molar-refractivity contribution < 1.29 is 14.3 Å². The first-order valence-electron chi connectivity index (χ1n) is 13.0. The molecule has 3 heterocycles. The van der Waals surface area contributed by atoms with Crippen LogP contribution >= 0.6 is 8.58 Å². The predicted octanol–water partition coefficient (Wildman–Crippen LogP) is 4.84. The molecule has 39 heavy (non-hydrogen) atoms. The van der Waals surface area contributed by atoms with Crippen LogP contribution in [0.5, 0.6) is 5.75 Å². The van der Waals surface area contributed by atoms with Gasteiger partial charge in [-0.05, 0) is 80.8 Å². The minimum atomic E-state index is -0.174. The molecule has 1 fully saturated rings. The quantitative estimate of drug-likeness (QED) is 0.220. The molecule has 4 aromatic rings. The van der Waals surface area contributed by atoms with E-state index in [4.69, 9.17) is 19.1 Å². The summed E-state index contributed by atoms with van der Waals surface area (Å²) in [6.07, 6.45) is 4.75. The maximum atomic E-state index is 12.0. The van der Waals surface area contributed by atoms with Gasteiger partial charge in [-0.15, -0.1) is 0 Å². The van der Waals surface area contributed by atoms with Crippen LogP contribution in [-0.4, -0.2) is 40.4 Å². The third-order valence-corrected chi connectivity index (χ3v) is 7.94. The Morgan fingerprint density at radius 3 is 2.82 bits per heavy atom. The van der Waals surface area contributed by atoms with Gasteiger partial charge in [0.1, 0.15) is 17.3 Å². The fraction of sp³-hybridized carbons (Fsp3) is 0.345. The SMILES string of the molecule is COc1cc(CNc2nc(C)c(-c3cc4cc(=O)[nH]c(C)c4o3)c(NC=C3CCC(CO)C3)n2)cc(PC)c1. The van der Waals surface area contributed by atoms with E-state index in [2.05, 4.69) is 34.4 Å². The number of H-pyrrole nitrogens is 1. The summed E-state index contributed by atoms with van der Waals surface area (Å²) >= 11 is 0. The summed E-state index contributed by atoms with van der Waals surface area (Å²) in [5.74, 6) is 2.81. The molecule has 204 valence electrons.